The number of carbonyl (C=O) groups excluding carboxylic acids is 1. The minimum absolute atomic E-state index is 0.106. The summed E-state index contributed by atoms with van der Waals surface area (Å²) in [6.45, 7) is 2.92. The fraction of sp³-hybridized carbons (Fsp3) is 0.350. The number of ether oxygens (including phenoxy) is 2. The van der Waals surface area contributed by atoms with Crippen LogP contribution in [0.4, 0.5) is 0 Å². The van der Waals surface area contributed by atoms with Crippen molar-refractivity contribution >= 4 is 5.91 Å². The number of aliphatic hydroxyl groups is 1. The summed E-state index contributed by atoms with van der Waals surface area (Å²) >= 11 is 0. The molecular formula is C20H23NO4. The molecule has 0 aliphatic carbocycles. The number of amides is 1. The lowest BCUT2D eigenvalue weighted by molar-refractivity contribution is 0.00429. The summed E-state index contributed by atoms with van der Waals surface area (Å²) in [5.74, 6) is 1.26. The second kappa shape index (κ2) is 7.15. The van der Waals surface area contributed by atoms with E-state index in [2.05, 4.69) is 0 Å². The molecular weight excluding hydrogens is 318 g/mol. The Bertz CT molecular complexity index is 761. The van der Waals surface area contributed by atoms with Gasteiger partial charge >= 0.3 is 0 Å². The van der Waals surface area contributed by atoms with Gasteiger partial charge in [0.05, 0.1) is 13.7 Å². The van der Waals surface area contributed by atoms with Gasteiger partial charge in [0.15, 0.2) is 0 Å². The maximum absolute atomic E-state index is 12.6. The first-order valence-corrected chi connectivity index (χ1v) is 8.34. The van der Waals surface area contributed by atoms with Crippen LogP contribution in [0.2, 0.25) is 0 Å². The van der Waals surface area contributed by atoms with Gasteiger partial charge in [-0.3, -0.25) is 4.79 Å². The maximum atomic E-state index is 12.6. The number of nitrogens with zero attached hydrogens (tertiary/aromatic N) is 1. The number of likely N-dealkylation sites (tertiary alicyclic amines) is 1. The molecule has 1 atom stereocenters. The second-order valence-corrected chi connectivity index (χ2v) is 6.54. The van der Waals surface area contributed by atoms with Crippen molar-refractivity contribution in [1.29, 1.82) is 0 Å². The fourth-order valence-electron chi connectivity index (χ4n) is 3.01. The third-order valence-corrected chi connectivity index (χ3v) is 4.43. The van der Waals surface area contributed by atoms with Gasteiger partial charge < -0.3 is 19.5 Å². The Balaban J connectivity index is 1.62. The van der Waals surface area contributed by atoms with E-state index in [9.17, 15) is 9.90 Å². The van der Waals surface area contributed by atoms with E-state index in [1.54, 1.807) is 36.3 Å². The molecule has 132 valence electrons. The van der Waals surface area contributed by atoms with Gasteiger partial charge in [-0.25, -0.2) is 0 Å². The van der Waals surface area contributed by atoms with Gasteiger partial charge in [0, 0.05) is 12.1 Å². The van der Waals surface area contributed by atoms with Crippen LogP contribution < -0.4 is 9.47 Å². The highest BCUT2D eigenvalue weighted by atomic mass is 16.5. The average Bonchev–Trinajstić information content (AvgIpc) is 3.02. The maximum Gasteiger partial charge on any atom is 0.254 e. The van der Waals surface area contributed by atoms with Gasteiger partial charge in [-0.1, -0.05) is 18.2 Å². The predicted octanol–water partition coefficient (Wildman–Crippen LogP) is 2.66. The van der Waals surface area contributed by atoms with Crippen LogP contribution in [0.3, 0.4) is 0 Å². The molecule has 1 aliphatic heterocycles. The monoisotopic (exact) mass is 341 g/mol. The summed E-state index contributed by atoms with van der Waals surface area (Å²) < 4.78 is 10.9. The van der Waals surface area contributed by atoms with E-state index < -0.39 is 5.60 Å². The Labute approximate surface area is 147 Å². The van der Waals surface area contributed by atoms with E-state index in [1.807, 2.05) is 31.2 Å². The van der Waals surface area contributed by atoms with Crippen LogP contribution in [0.25, 0.3) is 0 Å². The van der Waals surface area contributed by atoms with Gasteiger partial charge in [-0.2, -0.15) is 0 Å². The number of benzene rings is 2. The molecule has 5 heteroatoms. The largest absolute Gasteiger partial charge is 0.497 e. The van der Waals surface area contributed by atoms with Gasteiger partial charge in [0.25, 0.3) is 5.91 Å². The van der Waals surface area contributed by atoms with E-state index in [4.69, 9.17) is 9.47 Å². The predicted molar refractivity (Wildman–Crippen MR) is 95.1 cm³/mol. The van der Waals surface area contributed by atoms with Gasteiger partial charge in [-0.05, 0) is 49.2 Å². The number of rotatable bonds is 5. The van der Waals surface area contributed by atoms with Crippen LogP contribution in [0, 0.1) is 6.92 Å². The van der Waals surface area contributed by atoms with Crippen molar-refractivity contribution in [3.05, 3.63) is 59.7 Å². The fourth-order valence-corrected chi connectivity index (χ4v) is 3.01. The number of hydrogen-bond donors (Lipinski definition) is 1. The van der Waals surface area contributed by atoms with Crippen LogP contribution >= 0.6 is 0 Å². The van der Waals surface area contributed by atoms with Crippen molar-refractivity contribution in [1.82, 2.24) is 4.90 Å². The molecule has 0 unspecified atom stereocenters. The Hall–Kier alpha value is -2.53. The number of aryl methyl sites for hydroxylation is 1. The number of β-amino-alcohol motifs (C(OH)–C–C–N with tert-alkyl or cyclic N) is 1. The van der Waals surface area contributed by atoms with Crippen molar-refractivity contribution in [2.24, 2.45) is 0 Å². The van der Waals surface area contributed by atoms with Crippen molar-refractivity contribution < 1.29 is 19.4 Å². The normalized spacial score (nSPS) is 19.7. The summed E-state index contributed by atoms with van der Waals surface area (Å²) in [5, 5.41) is 10.7. The van der Waals surface area contributed by atoms with Gasteiger partial charge in [0.1, 0.15) is 23.7 Å². The molecule has 2 aromatic rings. The van der Waals surface area contributed by atoms with Crippen molar-refractivity contribution in [3.63, 3.8) is 0 Å². The molecule has 0 bridgehead atoms. The first-order valence-electron chi connectivity index (χ1n) is 8.34. The zero-order chi connectivity index (χ0) is 17.9. The zero-order valence-corrected chi connectivity index (χ0v) is 14.6. The number of hydrogen-bond acceptors (Lipinski definition) is 4. The topological polar surface area (TPSA) is 59.0 Å². The SMILES string of the molecule is COc1cccc(C(=O)N2CC[C@](O)(COc3cccc(C)c3)C2)c1. The zero-order valence-electron chi connectivity index (χ0n) is 14.6. The van der Waals surface area contributed by atoms with E-state index in [0.29, 0.717) is 24.3 Å². The van der Waals surface area contributed by atoms with Gasteiger partial charge in [0.2, 0.25) is 0 Å². The standard InChI is InChI=1S/C20H23NO4/c1-15-5-3-8-18(11-15)25-14-20(23)9-10-21(13-20)19(22)16-6-4-7-17(12-16)24-2/h3-8,11-12,23H,9-10,13-14H2,1-2H3/t20-/m1/s1. The molecule has 0 spiro atoms. The lowest BCUT2D eigenvalue weighted by Gasteiger charge is -2.24. The molecule has 3 rings (SSSR count). The highest BCUT2D eigenvalue weighted by molar-refractivity contribution is 5.94. The average molecular weight is 341 g/mol. The highest BCUT2D eigenvalue weighted by Gasteiger charge is 2.39. The lowest BCUT2D eigenvalue weighted by atomic mass is 10.1. The van der Waals surface area contributed by atoms with Crippen LogP contribution in [-0.2, 0) is 0 Å². The first kappa shape index (κ1) is 17.3. The molecule has 1 heterocycles. The smallest absolute Gasteiger partial charge is 0.254 e. The third-order valence-electron chi connectivity index (χ3n) is 4.43. The minimum atomic E-state index is -1.03. The molecule has 0 saturated carbocycles. The van der Waals surface area contributed by atoms with Crippen LogP contribution in [0.5, 0.6) is 11.5 Å². The quantitative estimate of drug-likeness (QED) is 0.908. The highest BCUT2D eigenvalue weighted by Crippen LogP contribution is 2.25. The molecule has 0 radical (unpaired) electrons. The van der Waals surface area contributed by atoms with Crippen LogP contribution in [0.15, 0.2) is 48.5 Å². The molecule has 2 aromatic carbocycles. The van der Waals surface area contributed by atoms with Crippen molar-refractivity contribution in [3.8, 4) is 11.5 Å². The van der Waals surface area contributed by atoms with Crippen molar-refractivity contribution in [2.75, 3.05) is 26.8 Å². The van der Waals surface area contributed by atoms with Crippen molar-refractivity contribution in [2.45, 2.75) is 18.9 Å². The summed E-state index contributed by atoms with van der Waals surface area (Å²) in [7, 11) is 1.57. The Morgan fingerprint density at radius 3 is 2.72 bits per heavy atom. The number of methoxy groups -OCH3 is 1. The molecule has 0 aromatic heterocycles. The molecule has 1 fully saturated rings. The first-order chi connectivity index (χ1) is 12.0. The summed E-state index contributed by atoms with van der Waals surface area (Å²) in [5.41, 5.74) is 0.632. The Morgan fingerprint density at radius 2 is 1.96 bits per heavy atom. The van der Waals surface area contributed by atoms with Crippen LogP contribution in [-0.4, -0.2) is 48.3 Å². The third kappa shape index (κ3) is 4.12. The van der Waals surface area contributed by atoms with E-state index in [1.165, 1.54) is 0 Å². The van der Waals surface area contributed by atoms with Gasteiger partial charge in [-0.15, -0.1) is 0 Å². The van der Waals surface area contributed by atoms with Crippen LogP contribution in [0.1, 0.15) is 22.3 Å². The molecule has 1 N–H and O–H groups in total. The Kier molecular flexibility index (Phi) is 4.95. The van der Waals surface area contributed by atoms with E-state index in [-0.39, 0.29) is 19.1 Å². The summed E-state index contributed by atoms with van der Waals surface area (Å²) in [4.78, 5) is 14.3. The molecule has 1 aliphatic rings. The molecule has 1 amide bonds. The second-order valence-electron chi connectivity index (χ2n) is 6.54. The number of carbonyl (C=O) groups is 1. The molecule has 1 saturated heterocycles. The van der Waals surface area contributed by atoms with E-state index in [0.717, 1.165) is 11.3 Å². The minimum Gasteiger partial charge on any atom is -0.497 e. The summed E-state index contributed by atoms with van der Waals surface area (Å²) in [6, 6.07) is 14.8. The molecule has 25 heavy (non-hydrogen) atoms. The van der Waals surface area contributed by atoms with E-state index >= 15 is 0 Å². The lowest BCUT2D eigenvalue weighted by Crippen LogP contribution is -2.40. The molecule has 5 nitrogen and oxygen atoms in total. The Morgan fingerprint density at radius 1 is 1.20 bits per heavy atom. The summed E-state index contributed by atoms with van der Waals surface area (Å²) in [6.07, 6.45) is 0.495.